The molecule has 2 unspecified atom stereocenters. The van der Waals surface area contributed by atoms with Crippen molar-refractivity contribution in [1.29, 1.82) is 0 Å². The first-order chi connectivity index (χ1) is 8.92. The minimum absolute atomic E-state index is 0.107. The third-order valence-corrected chi connectivity index (χ3v) is 2.99. The van der Waals surface area contributed by atoms with Crippen LogP contribution in [-0.2, 0) is 20.6 Å². The van der Waals surface area contributed by atoms with Crippen LogP contribution < -0.4 is 5.32 Å². The lowest BCUT2D eigenvalue weighted by Crippen LogP contribution is -2.39. The molecule has 0 bridgehead atoms. The van der Waals surface area contributed by atoms with Crippen molar-refractivity contribution in [1.82, 2.24) is 15.5 Å². The number of morpholine rings is 1. The van der Waals surface area contributed by atoms with Gasteiger partial charge in [-0.1, -0.05) is 5.16 Å². The molecule has 0 aliphatic carbocycles. The summed E-state index contributed by atoms with van der Waals surface area (Å²) in [6, 6.07) is 0. The molecule has 100 valence electrons. The quantitative estimate of drug-likeness (QED) is 0.793. The Bertz CT molecular complexity index is 372. The second-order valence-corrected chi connectivity index (χ2v) is 4.38. The Hall–Kier alpha value is -1.02. The van der Waals surface area contributed by atoms with E-state index in [1.54, 1.807) is 0 Å². The van der Waals surface area contributed by atoms with Gasteiger partial charge >= 0.3 is 0 Å². The van der Waals surface area contributed by atoms with Gasteiger partial charge in [0, 0.05) is 13.1 Å². The van der Waals surface area contributed by atoms with E-state index >= 15 is 0 Å². The highest BCUT2D eigenvalue weighted by Crippen LogP contribution is 2.18. The van der Waals surface area contributed by atoms with E-state index in [0.29, 0.717) is 38.0 Å². The molecule has 3 rings (SSSR count). The molecule has 7 heteroatoms. The maximum absolute atomic E-state index is 5.59. The average molecular weight is 255 g/mol. The summed E-state index contributed by atoms with van der Waals surface area (Å²) in [6.45, 7) is 4.14. The summed E-state index contributed by atoms with van der Waals surface area (Å²) in [5, 5.41) is 7.20. The van der Waals surface area contributed by atoms with E-state index in [4.69, 9.17) is 18.7 Å². The summed E-state index contributed by atoms with van der Waals surface area (Å²) in [5.41, 5.74) is 0. The Kier molecular flexibility index (Phi) is 3.84. The molecule has 2 saturated heterocycles. The molecule has 2 atom stereocenters. The molecule has 0 saturated carbocycles. The van der Waals surface area contributed by atoms with Crippen LogP contribution in [0.2, 0.25) is 0 Å². The highest BCUT2D eigenvalue weighted by atomic mass is 16.6. The number of ether oxygens (including phenoxy) is 3. The van der Waals surface area contributed by atoms with Crippen LogP contribution in [0.4, 0.5) is 0 Å². The minimum atomic E-state index is -0.207. The van der Waals surface area contributed by atoms with Crippen LogP contribution in [0.25, 0.3) is 0 Å². The number of rotatable bonds is 3. The topological polar surface area (TPSA) is 78.6 Å². The van der Waals surface area contributed by atoms with Gasteiger partial charge in [0.25, 0.3) is 0 Å². The van der Waals surface area contributed by atoms with Gasteiger partial charge < -0.3 is 24.1 Å². The van der Waals surface area contributed by atoms with Gasteiger partial charge in [0.05, 0.1) is 39.0 Å². The number of nitrogens with one attached hydrogen (secondary N) is 1. The van der Waals surface area contributed by atoms with Crippen LogP contribution in [0.1, 0.15) is 17.8 Å². The third-order valence-electron chi connectivity index (χ3n) is 2.99. The molecule has 0 aromatic carbocycles. The van der Waals surface area contributed by atoms with Crippen molar-refractivity contribution in [2.75, 3.05) is 39.5 Å². The highest BCUT2D eigenvalue weighted by molar-refractivity contribution is 4.94. The molecule has 2 aliphatic rings. The zero-order valence-corrected chi connectivity index (χ0v) is 10.1. The summed E-state index contributed by atoms with van der Waals surface area (Å²) in [6.07, 6.45) is 0.533. The van der Waals surface area contributed by atoms with Gasteiger partial charge in [0.15, 0.2) is 0 Å². The largest absolute Gasteiger partial charge is 0.376 e. The molecule has 0 amide bonds. The Labute approximate surface area is 105 Å². The molecular formula is C11H17N3O4. The van der Waals surface area contributed by atoms with Crippen molar-refractivity contribution < 1.29 is 18.7 Å². The van der Waals surface area contributed by atoms with Gasteiger partial charge in [-0.15, -0.1) is 0 Å². The molecule has 0 spiro atoms. The lowest BCUT2D eigenvalue weighted by atomic mass is 10.2. The van der Waals surface area contributed by atoms with E-state index in [2.05, 4.69) is 15.5 Å². The van der Waals surface area contributed by atoms with Crippen molar-refractivity contribution in [3.05, 3.63) is 11.7 Å². The van der Waals surface area contributed by atoms with Gasteiger partial charge in [-0.2, -0.15) is 4.98 Å². The van der Waals surface area contributed by atoms with Gasteiger partial charge in [0.1, 0.15) is 6.10 Å². The number of aromatic nitrogens is 2. The molecule has 3 heterocycles. The average Bonchev–Trinajstić information content (AvgIpc) is 2.89. The third kappa shape index (κ3) is 2.86. The van der Waals surface area contributed by atoms with Crippen LogP contribution in [0, 0.1) is 0 Å². The van der Waals surface area contributed by atoms with E-state index in [1.165, 1.54) is 0 Å². The van der Waals surface area contributed by atoms with E-state index < -0.39 is 0 Å². The zero-order chi connectivity index (χ0) is 12.2. The molecule has 1 aromatic heterocycles. The fourth-order valence-corrected chi connectivity index (χ4v) is 2.06. The summed E-state index contributed by atoms with van der Waals surface area (Å²) in [5.74, 6) is 1.15. The number of hydrogen-bond donors (Lipinski definition) is 1. The molecular weight excluding hydrogens is 238 g/mol. The molecule has 18 heavy (non-hydrogen) atoms. The van der Waals surface area contributed by atoms with Crippen molar-refractivity contribution >= 4 is 0 Å². The maximum Gasteiger partial charge on any atom is 0.229 e. The smallest absolute Gasteiger partial charge is 0.229 e. The van der Waals surface area contributed by atoms with Crippen molar-refractivity contribution in [3.8, 4) is 0 Å². The fourth-order valence-electron chi connectivity index (χ4n) is 2.06. The van der Waals surface area contributed by atoms with Crippen molar-refractivity contribution in [2.24, 2.45) is 0 Å². The van der Waals surface area contributed by atoms with Gasteiger partial charge in [-0.3, -0.25) is 0 Å². The Morgan fingerprint density at radius 3 is 3.00 bits per heavy atom. The zero-order valence-electron chi connectivity index (χ0n) is 10.1. The molecule has 7 nitrogen and oxygen atoms in total. The Morgan fingerprint density at radius 2 is 2.22 bits per heavy atom. The first-order valence-corrected chi connectivity index (χ1v) is 6.26. The normalized spacial score (nSPS) is 29.3. The summed E-state index contributed by atoms with van der Waals surface area (Å²) < 4.78 is 21.6. The number of hydrogen-bond acceptors (Lipinski definition) is 7. The summed E-state index contributed by atoms with van der Waals surface area (Å²) in [4.78, 5) is 4.34. The van der Waals surface area contributed by atoms with Gasteiger partial charge in [-0.25, -0.2) is 0 Å². The Balaban J connectivity index is 1.58. The molecule has 1 aromatic rings. The molecule has 0 radical (unpaired) electrons. The van der Waals surface area contributed by atoms with Gasteiger partial charge in [0.2, 0.25) is 11.7 Å². The van der Waals surface area contributed by atoms with Crippen LogP contribution in [-0.4, -0.2) is 55.8 Å². The lowest BCUT2D eigenvalue weighted by Gasteiger charge is -2.22. The van der Waals surface area contributed by atoms with Crippen LogP contribution >= 0.6 is 0 Å². The van der Waals surface area contributed by atoms with E-state index in [9.17, 15) is 0 Å². The predicted molar refractivity (Wildman–Crippen MR) is 60.1 cm³/mol. The fraction of sp³-hybridized carbons (Fsp3) is 0.818. The van der Waals surface area contributed by atoms with Crippen molar-refractivity contribution in [2.45, 2.75) is 18.6 Å². The second-order valence-electron chi connectivity index (χ2n) is 4.38. The highest BCUT2D eigenvalue weighted by Gasteiger charge is 2.24. The standard InChI is InChI=1S/C11H17N3O4/c1-2-16-8(6-12-1)5-10-13-11(14-18-10)9-7-15-3-4-17-9/h8-9,12H,1-7H2. The SMILES string of the molecule is C1COC(Cc2nc(C3COCCO3)no2)CN1. The van der Waals surface area contributed by atoms with Crippen molar-refractivity contribution in [3.63, 3.8) is 0 Å². The number of nitrogens with zero attached hydrogens (tertiary/aromatic N) is 2. The lowest BCUT2D eigenvalue weighted by molar-refractivity contribution is -0.0941. The van der Waals surface area contributed by atoms with Gasteiger partial charge in [-0.05, 0) is 0 Å². The van der Waals surface area contributed by atoms with E-state index in [-0.39, 0.29) is 12.2 Å². The van der Waals surface area contributed by atoms with Crippen LogP contribution in [0.15, 0.2) is 4.52 Å². The molecule has 1 N–H and O–H groups in total. The minimum Gasteiger partial charge on any atom is -0.376 e. The molecule has 2 fully saturated rings. The Morgan fingerprint density at radius 1 is 1.22 bits per heavy atom. The second kappa shape index (κ2) is 5.75. The first kappa shape index (κ1) is 12.0. The molecule has 2 aliphatic heterocycles. The van der Waals surface area contributed by atoms with E-state index in [1.807, 2.05) is 0 Å². The first-order valence-electron chi connectivity index (χ1n) is 6.26. The summed E-state index contributed by atoms with van der Waals surface area (Å²) >= 11 is 0. The van der Waals surface area contributed by atoms with Crippen LogP contribution in [0.3, 0.4) is 0 Å². The van der Waals surface area contributed by atoms with Crippen LogP contribution in [0.5, 0.6) is 0 Å². The van der Waals surface area contributed by atoms with E-state index in [0.717, 1.165) is 19.7 Å². The maximum atomic E-state index is 5.59. The monoisotopic (exact) mass is 255 g/mol. The summed E-state index contributed by atoms with van der Waals surface area (Å²) in [7, 11) is 0. The predicted octanol–water partition coefficient (Wildman–Crippen LogP) is -0.312.